The van der Waals surface area contributed by atoms with Crippen molar-refractivity contribution in [3.05, 3.63) is 63.9 Å². The average molecular weight is 350 g/mol. The van der Waals surface area contributed by atoms with Crippen LogP contribution in [0.25, 0.3) is 0 Å². The number of hydrogen-bond acceptors (Lipinski definition) is 2. The quantitative estimate of drug-likeness (QED) is 0.833. The Labute approximate surface area is 132 Å². The van der Waals surface area contributed by atoms with Gasteiger partial charge in [-0.3, -0.25) is 0 Å². The van der Waals surface area contributed by atoms with Gasteiger partial charge in [0.1, 0.15) is 6.61 Å². The van der Waals surface area contributed by atoms with Crippen LogP contribution >= 0.6 is 15.9 Å². The summed E-state index contributed by atoms with van der Waals surface area (Å²) in [5.74, 6) is -0.0735. The van der Waals surface area contributed by atoms with Crippen molar-refractivity contribution >= 4 is 15.9 Å². The molecule has 0 radical (unpaired) electrons. The van der Waals surface area contributed by atoms with E-state index in [4.69, 9.17) is 4.74 Å². The molecule has 0 aromatic heterocycles. The van der Waals surface area contributed by atoms with Crippen LogP contribution in [0.15, 0.2) is 46.9 Å². The highest BCUT2D eigenvalue weighted by Crippen LogP contribution is 2.23. The molecule has 0 heterocycles. The minimum atomic E-state index is -0.343. The van der Waals surface area contributed by atoms with Crippen molar-refractivity contribution < 1.29 is 9.13 Å². The molecule has 1 fully saturated rings. The van der Waals surface area contributed by atoms with Crippen molar-refractivity contribution in [1.29, 1.82) is 0 Å². The lowest BCUT2D eigenvalue weighted by Gasteiger charge is -2.09. The Morgan fingerprint density at radius 2 is 1.95 bits per heavy atom. The molecule has 4 heteroatoms. The first-order chi connectivity index (χ1) is 10.2. The normalized spacial score (nSPS) is 14.2. The van der Waals surface area contributed by atoms with Gasteiger partial charge in [0.25, 0.3) is 0 Å². The zero-order valence-corrected chi connectivity index (χ0v) is 13.2. The predicted molar refractivity (Wildman–Crippen MR) is 84.7 cm³/mol. The van der Waals surface area contributed by atoms with E-state index in [1.807, 2.05) is 12.1 Å². The fourth-order valence-electron chi connectivity index (χ4n) is 2.13. The van der Waals surface area contributed by atoms with Gasteiger partial charge >= 0.3 is 0 Å². The van der Waals surface area contributed by atoms with E-state index in [1.54, 1.807) is 12.1 Å². The highest BCUT2D eigenvalue weighted by Gasteiger charge is 2.19. The molecule has 0 atom stereocenters. The van der Waals surface area contributed by atoms with Crippen LogP contribution < -0.4 is 10.1 Å². The SMILES string of the molecule is Fc1ccc(Br)cc1OCc1cccc(CNC2CC2)c1. The minimum absolute atomic E-state index is 0.269. The van der Waals surface area contributed by atoms with Gasteiger partial charge in [0.2, 0.25) is 0 Å². The van der Waals surface area contributed by atoms with Crippen molar-refractivity contribution in [1.82, 2.24) is 5.32 Å². The maximum Gasteiger partial charge on any atom is 0.165 e. The molecule has 2 nitrogen and oxygen atoms in total. The van der Waals surface area contributed by atoms with E-state index in [0.717, 1.165) is 16.6 Å². The molecule has 110 valence electrons. The van der Waals surface area contributed by atoms with Gasteiger partial charge in [-0.15, -0.1) is 0 Å². The van der Waals surface area contributed by atoms with Crippen LogP contribution in [-0.4, -0.2) is 6.04 Å². The Kier molecular flexibility index (Phi) is 4.56. The van der Waals surface area contributed by atoms with Gasteiger partial charge in [-0.1, -0.05) is 40.2 Å². The summed E-state index contributed by atoms with van der Waals surface area (Å²) in [5, 5.41) is 3.48. The summed E-state index contributed by atoms with van der Waals surface area (Å²) in [4.78, 5) is 0. The topological polar surface area (TPSA) is 21.3 Å². The third-order valence-electron chi connectivity index (χ3n) is 3.45. The summed E-state index contributed by atoms with van der Waals surface area (Å²) in [6, 6.07) is 13.6. The highest BCUT2D eigenvalue weighted by molar-refractivity contribution is 9.10. The molecule has 0 unspecified atom stereocenters. The molecular weight excluding hydrogens is 333 g/mol. The standard InChI is InChI=1S/C17H17BrFNO/c18-14-4-7-16(19)17(9-14)21-11-13-3-1-2-12(8-13)10-20-15-5-6-15/h1-4,7-9,15,20H,5-6,10-11H2. The van der Waals surface area contributed by atoms with Crippen LogP contribution in [0.2, 0.25) is 0 Å². The fraction of sp³-hybridized carbons (Fsp3) is 0.294. The second-order valence-corrected chi connectivity index (χ2v) is 6.25. The molecule has 2 aromatic rings. The Bertz CT molecular complexity index is 628. The van der Waals surface area contributed by atoms with Crippen LogP contribution in [0, 0.1) is 5.82 Å². The maximum absolute atomic E-state index is 13.6. The molecule has 1 N–H and O–H groups in total. The van der Waals surface area contributed by atoms with E-state index in [1.165, 1.54) is 24.5 Å². The van der Waals surface area contributed by atoms with Gasteiger partial charge in [-0.25, -0.2) is 4.39 Å². The van der Waals surface area contributed by atoms with E-state index in [-0.39, 0.29) is 11.6 Å². The van der Waals surface area contributed by atoms with Gasteiger partial charge in [0.15, 0.2) is 11.6 Å². The third kappa shape index (κ3) is 4.29. The van der Waals surface area contributed by atoms with E-state index >= 15 is 0 Å². The molecule has 1 saturated carbocycles. The van der Waals surface area contributed by atoms with Gasteiger partial charge in [-0.05, 0) is 42.2 Å². The number of nitrogens with one attached hydrogen (secondary N) is 1. The monoisotopic (exact) mass is 349 g/mol. The van der Waals surface area contributed by atoms with Crippen LogP contribution in [0.4, 0.5) is 4.39 Å². The number of benzene rings is 2. The van der Waals surface area contributed by atoms with Crippen LogP contribution in [0.3, 0.4) is 0 Å². The first-order valence-electron chi connectivity index (χ1n) is 7.10. The summed E-state index contributed by atoms with van der Waals surface area (Å²) in [7, 11) is 0. The lowest BCUT2D eigenvalue weighted by molar-refractivity contribution is 0.290. The van der Waals surface area contributed by atoms with Crippen molar-refractivity contribution in [3.63, 3.8) is 0 Å². The van der Waals surface area contributed by atoms with E-state index in [2.05, 4.69) is 33.4 Å². The highest BCUT2D eigenvalue weighted by atomic mass is 79.9. The minimum Gasteiger partial charge on any atom is -0.486 e. The summed E-state index contributed by atoms with van der Waals surface area (Å²) in [6.45, 7) is 1.24. The Morgan fingerprint density at radius 3 is 2.76 bits per heavy atom. The Hall–Kier alpha value is -1.39. The smallest absolute Gasteiger partial charge is 0.165 e. The molecule has 2 aromatic carbocycles. The van der Waals surface area contributed by atoms with Gasteiger partial charge in [0, 0.05) is 17.1 Å². The molecule has 0 bridgehead atoms. The first-order valence-corrected chi connectivity index (χ1v) is 7.89. The van der Waals surface area contributed by atoms with E-state index in [9.17, 15) is 4.39 Å². The lowest BCUT2D eigenvalue weighted by Crippen LogP contribution is -2.15. The van der Waals surface area contributed by atoms with E-state index < -0.39 is 0 Å². The summed E-state index contributed by atoms with van der Waals surface area (Å²) in [5.41, 5.74) is 2.28. The van der Waals surface area contributed by atoms with E-state index in [0.29, 0.717) is 12.6 Å². The van der Waals surface area contributed by atoms with Crippen molar-refractivity contribution in [3.8, 4) is 5.75 Å². The van der Waals surface area contributed by atoms with Crippen LogP contribution in [-0.2, 0) is 13.2 Å². The second kappa shape index (κ2) is 6.58. The van der Waals surface area contributed by atoms with Gasteiger partial charge in [-0.2, -0.15) is 0 Å². The van der Waals surface area contributed by atoms with Crippen molar-refractivity contribution in [2.75, 3.05) is 0 Å². The fourth-order valence-corrected chi connectivity index (χ4v) is 2.47. The maximum atomic E-state index is 13.6. The molecule has 1 aliphatic carbocycles. The van der Waals surface area contributed by atoms with Crippen LogP contribution in [0.1, 0.15) is 24.0 Å². The third-order valence-corrected chi connectivity index (χ3v) is 3.94. The van der Waals surface area contributed by atoms with Gasteiger partial charge < -0.3 is 10.1 Å². The lowest BCUT2D eigenvalue weighted by atomic mass is 10.1. The zero-order valence-electron chi connectivity index (χ0n) is 11.6. The molecule has 0 spiro atoms. The summed E-state index contributed by atoms with van der Waals surface area (Å²) in [6.07, 6.45) is 2.57. The molecule has 3 rings (SSSR count). The average Bonchev–Trinajstić information content (AvgIpc) is 3.31. The predicted octanol–water partition coefficient (Wildman–Crippen LogP) is 4.42. The molecule has 0 amide bonds. The van der Waals surface area contributed by atoms with Crippen LogP contribution in [0.5, 0.6) is 5.75 Å². The molecular formula is C17H17BrFNO. The number of ether oxygens (including phenoxy) is 1. The van der Waals surface area contributed by atoms with Gasteiger partial charge in [0.05, 0.1) is 0 Å². The molecule has 21 heavy (non-hydrogen) atoms. The van der Waals surface area contributed by atoms with Crippen molar-refractivity contribution in [2.24, 2.45) is 0 Å². The number of halogens is 2. The zero-order chi connectivity index (χ0) is 14.7. The Morgan fingerprint density at radius 1 is 1.14 bits per heavy atom. The van der Waals surface area contributed by atoms with Crippen molar-refractivity contribution in [2.45, 2.75) is 32.0 Å². The summed E-state index contributed by atoms with van der Waals surface area (Å²) < 4.78 is 20.0. The summed E-state index contributed by atoms with van der Waals surface area (Å²) >= 11 is 3.32. The molecule has 0 aliphatic heterocycles. The molecule has 1 aliphatic rings. The number of rotatable bonds is 6. The first kappa shape index (κ1) is 14.5. The largest absolute Gasteiger partial charge is 0.486 e. The Balaban J connectivity index is 1.61. The molecule has 0 saturated heterocycles. The number of hydrogen-bond donors (Lipinski definition) is 1. The second-order valence-electron chi connectivity index (χ2n) is 5.34.